The van der Waals surface area contributed by atoms with E-state index in [1.807, 2.05) is 0 Å². The van der Waals surface area contributed by atoms with Gasteiger partial charge in [-0.05, 0) is 17.7 Å². The number of nitrogens with zero attached hydrogens (tertiary/aromatic N) is 1. The van der Waals surface area contributed by atoms with Crippen molar-refractivity contribution in [3.8, 4) is 5.75 Å². The number of benzene rings is 1. The van der Waals surface area contributed by atoms with E-state index in [4.69, 9.17) is 0 Å². The van der Waals surface area contributed by atoms with Crippen LogP contribution < -0.4 is 14.3 Å². The van der Waals surface area contributed by atoms with E-state index in [9.17, 15) is 31.5 Å². The molecule has 2 aliphatic rings. The summed E-state index contributed by atoms with van der Waals surface area (Å²) in [6, 6.07) is 1.75. The predicted molar refractivity (Wildman–Crippen MR) is 84.2 cm³/mol. The van der Waals surface area contributed by atoms with Gasteiger partial charge >= 0.3 is 16.8 Å². The summed E-state index contributed by atoms with van der Waals surface area (Å²) in [5, 5.41) is 12.7. The number of phenolic OH excluding ortho intramolecular Hbond substituents is 1. The monoisotopic (exact) mass is 393 g/mol. The molecule has 2 heterocycles. The van der Waals surface area contributed by atoms with E-state index in [-0.39, 0.29) is 18.7 Å². The largest absolute Gasteiger partial charge is 0.506 e. The minimum absolute atomic E-state index is 0.0283. The van der Waals surface area contributed by atoms with Gasteiger partial charge in [-0.25, -0.2) is 13.4 Å². The van der Waals surface area contributed by atoms with Crippen molar-refractivity contribution in [3.63, 3.8) is 0 Å². The summed E-state index contributed by atoms with van der Waals surface area (Å²) in [6.07, 6.45) is 1.48. The Kier molecular flexibility index (Phi) is 4.82. The molecule has 0 radical (unpaired) electrons. The molecule has 3 N–H and O–H groups in total. The second-order valence-electron chi connectivity index (χ2n) is 5.61. The van der Waals surface area contributed by atoms with Crippen molar-refractivity contribution in [1.82, 2.24) is 10.0 Å². The highest BCUT2D eigenvalue weighted by Gasteiger charge is 2.38. The van der Waals surface area contributed by atoms with Crippen LogP contribution in [-0.2, 0) is 19.7 Å². The molecule has 0 spiro atoms. The maximum absolute atomic E-state index is 14.9. The minimum Gasteiger partial charge on any atom is -0.506 e. The molecular weight excluding hydrogens is 379 g/mol. The lowest BCUT2D eigenvalue weighted by Crippen LogP contribution is -2.30. The summed E-state index contributed by atoms with van der Waals surface area (Å²) in [7, 11) is -4.31. The van der Waals surface area contributed by atoms with Crippen molar-refractivity contribution in [2.45, 2.75) is 12.7 Å². The number of carbonyl (C=O) groups is 1. The number of aromatic hydroxyl groups is 1. The van der Waals surface area contributed by atoms with Crippen LogP contribution in [0.2, 0.25) is 0 Å². The number of phenols is 1. The Morgan fingerprint density at radius 3 is 2.73 bits per heavy atom. The average Bonchev–Trinajstić information content (AvgIpc) is 3.09. The number of nitrogens with one attached hydrogen (secondary N) is 2. The van der Waals surface area contributed by atoms with Crippen molar-refractivity contribution in [3.05, 3.63) is 29.6 Å². The fourth-order valence-electron chi connectivity index (χ4n) is 2.76. The molecule has 142 valence electrons. The number of carbonyl (C=O) groups excluding carboxylic acids is 1. The van der Waals surface area contributed by atoms with Crippen LogP contribution in [0.1, 0.15) is 5.56 Å². The second kappa shape index (κ2) is 6.78. The zero-order valence-corrected chi connectivity index (χ0v) is 13.9. The number of anilines is 1. The molecule has 12 heteroatoms. The van der Waals surface area contributed by atoms with Crippen LogP contribution in [0.3, 0.4) is 0 Å². The van der Waals surface area contributed by atoms with Crippen LogP contribution in [0, 0.1) is 5.82 Å². The topological polar surface area (TPSA) is 108 Å². The summed E-state index contributed by atoms with van der Waals surface area (Å²) in [5.41, 5.74) is -0.309. The van der Waals surface area contributed by atoms with Gasteiger partial charge < -0.3 is 15.2 Å². The molecule has 26 heavy (non-hydrogen) atoms. The minimum atomic E-state index is -4.31. The first-order valence-corrected chi connectivity index (χ1v) is 8.82. The standard InChI is InChI=1S/C14H14F3N3O5S/c15-12-9(7-3-8(18-4-7)6-25-14(16)17)1-2-10(21)13(12)20-5-11(22)19-26(20,23)24/h1-3,8,14,18,21H,4-6H2,(H,19,22)/t8-/m1/s1. The summed E-state index contributed by atoms with van der Waals surface area (Å²) >= 11 is 0. The van der Waals surface area contributed by atoms with Gasteiger partial charge in [-0.2, -0.15) is 17.2 Å². The molecule has 0 aromatic heterocycles. The Morgan fingerprint density at radius 1 is 1.38 bits per heavy atom. The molecule has 1 fully saturated rings. The lowest BCUT2D eigenvalue weighted by atomic mass is 10.0. The van der Waals surface area contributed by atoms with E-state index in [0.717, 1.165) is 6.07 Å². The molecule has 2 aliphatic heterocycles. The molecule has 1 atom stereocenters. The van der Waals surface area contributed by atoms with Crippen LogP contribution in [0.4, 0.5) is 18.9 Å². The number of rotatable bonds is 5. The fourth-order valence-corrected chi connectivity index (χ4v) is 3.92. The number of halogens is 3. The third kappa shape index (κ3) is 3.48. The average molecular weight is 393 g/mol. The highest BCUT2D eigenvalue weighted by Crippen LogP contribution is 2.37. The van der Waals surface area contributed by atoms with Gasteiger partial charge in [-0.15, -0.1) is 0 Å². The number of ether oxygens (including phenoxy) is 1. The zero-order chi connectivity index (χ0) is 19.1. The molecule has 0 bridgehead atoms. The Bertz CT molecular complexity index is 875. The summed E-state index contributed by atoms with van der Waals surface area (Å²) in [5.74, 6) is -2.57. The van der Waals surface area contributed by atoms with E-state index in [2.05, 4.69) is 10.1 Å². The van der Waals surface area contributed by atoms with Crippen molar-refractivity contribution >= 4 is 27.4 Å². The molecule has 1 saturated heterocycles. The number of alkyl halides is 2. The van der Waals surface area contributed by atoms with Crippen LogP contribution >= 0.6 is 0 Å². The second-order valence-corrected chi connectivity index (χ2v) is 7.20. The molecule has 0 unspecified atom stereocenters. The first-order valence-electron chi connectivity index (χ1n) is 7.38. The Labute approximate surface area is 146 Å². The van der Waals surface area contributed by atoms with Crippen LogP contribution in [0.5, 0.6) is 5.75 Å². The smallest absolute Gasteiger partial charge is 0.345 e. The van der Waals surface area contributed by atoms with E-state index in [1.165, 1.54) is 12.1 Å². The van der Waals surface area contributed by atoms with Gasteiger partial charge in [-0.1, -0.05) is 6.08 Å². The Morgan fingerprint density at radius 2 is 2.12 bits per heavy atom. The SMILES string of the molecule is O=C1CN(c2c(O)ccc(C3=C[C@H](COC(F)F)NC3)c2F)S(=O)(=O)N1. The first-order chi connectivity index (χ1) is 12.2. The number of amides is 1. The van der Waals surface area contributed by atoms with Crippen LogP contribution in [0.15, 0.2) is 18.2 Å². The Hall–Kier alpha value is -2.31. The molecule has 0 saturated carbocycles. The maximum Gasteiger partial charge on any atom is 0.345 e. The summed E-state index contributed by atoms with van der Waals surface area (Å²) < 4.78 is 69.3. The van der Waals surface area contributed by atoms with E-state index < -0.39 is 52.6 Å². The van der Waals surface area contributed by atoms with Gasteiger partial charge in [0.25, 0.3) is 5.91 Å². The van der Waals surface area contributed by atoms with Gasteiger partial charge in [-0.3, -0.25) is 4.79 Å². The Balaban J connectivity index is 1.94. The van der Waals surface area contributed by atoms with Crippen LogP contribution in [-0.4, -0.2) is 51.8 Å². The molecule has 1 aromatic rings. The molecule has 1 amide bonds. The van der Waals surface area contributed by atoms with Crippen molar-refractivity contribution < 1.29 is 36.2 Å². The van der Waals surface area contributed by atoms with Crippen molar-refractivity contribution in [2.24, 2.45) is 0 Å². The summed E-state index contributed by atoms with van der Waals surface area (Å²) in [6.45, 7) is -3.80. The van der Waals surface area contributed by atoms with Gasteiger partial charge in [0.1, 0.15) is 18.0 Å². The molecule has 3 rings (SSSR count). The van der Waals surface area contributed by atoms with Gasteiger partial charge in [0.15, 0.2) is 5.82 Å². The van der Waals surface area contributed by atoms with Gasteiger partial charge in [0, 0.05) is 18.2 Å². The van der Waals surface area contributed by atoms with E-state index in [0.29, 0.717) is 9.88 Å². The molecule has 0 aliphatic carbocycles. The van der Waals surface area contributed by atoms with E-state index in [1.54, 1.807) is 4.72 Å². The third-order valence-electron chi connectivity index (χ3n) is 3.87. The highest BCUT2D eigenvalue weighted by atomic mass is 32.2. The summed E-state index contributed by atoms with van der Waals surface area (Å²) in [4.78, 5) is 11.3. The van der Waals surface area contributed by atoms with Crippen molar-refractivity contribution in [2.75, 3.05) is 24.0 Å². The molecular formula is C14H14F3N3O5S. The highest BCUT2D eigenvalue weighted by molar-refractivity contribution is 7.92. The normalized spacial score (nSPS) is 22.0. The first kappa shape index (κ1) is 18.5. The van der Waals surface area contributed by atoms with E-state index >= 15 is 0 Å². The lowest BCUT2D eigenvalue weighted by molar-refractivity contribution is -0.130. The fraction of sp³-hybridized carbons (Fsp3) is 0.357. The third-order valence-corrected chi connectivity index (χ3v) is 5.25. The van der Waals surface area contributed by atoms with Gasteiger partial charge in [0.2, 0.25) is 0 Å². The molecule has 8 nitrogen and oxygen atoms in total. The zero-order valence-electron chi connectivity index (χ0n) is 13.1. The molecule has 1 aromatic carbocycles. The quantitative estimate of drug-likeness (QED) is 0.665. The predicted octanol–water partition coefficient (Wildman–Crippen LogP) is 0.307. The van der Waals surface area contributed by atoms with Crippen molar-refractivity contribution in [1.29, 1.82) is 0 Å². The maximum atomic E-state index is 14.9. The van der Waals surface area contributed by atoms with Crippen LogP contribution in [0.25, 0.3) is 5.57 Å². The number of hydrogen-bond acceptors (Lipinski definition) is 6. The lowest BCUT2D eigenvalue weighted by Gasteiger charge is -2.18. The van der Waals surface area contributed by atoms with Gasteiger partial charge in [0.05, 0.1) is 6.61 Å². The number of hydrogen-bond donors (Lipinski definition) is 3.